The number of urea groups is 1. The molecule has 0 unspecified atom stereocenters. The van der Waals surface area contributed by atoms with E-state index in [0.29, 0.717) is 18.9 Å². The summed E-state index contributed by atoms with van der Waals surface area (Å²) in [5.41, 5.74) is 0.345. The molecule has 1 atom stereocenters. The van der Waals surface area contributed by atoms with Gasteiger partial charge in [-0.2, -0.15) is 8.42 Å². The van der Waals surface area contributed by atoms with Crippen molar-refractivity contribution >= 4 is 16.1 Å². The van der Waals surface area contributed by atoms with E-state index in [2.05, 4.69) is 5.32 Å². The van der Waals surface area contributed by atoms with Gasteiger partial charge in [-0.25, -0.2) is 4.79 Å². The summed E-state index contributed by atoms with van der Waals surface area (Å²) in [6.07, 6.45) is 2.86. The quantitative estimate of drug-likeness (QED) is 0.689. The van der Waals surface area contributed by atoms with E-state index in [1.165, 1.54) is 7.11 Å². The Morgan fingerprint density at radius 1 is 1.32 bits per heavy atom. The fourth-order valence-corrected chi connectivity index (χ4v) is 3.38. The monoisotopic (exact) mass is 414 g/mol. The molecule has 0 aromatic heterocycles. The maximum Gasteiger partial charge on any atom is 0.318 e. The van der Waals surface area contributed by atoms with Crippen LogP contribution in [0.15, 0.2) is 18.2 Å². The summed E-state index contributed by atoms with van der Waals surface area (Å²) in [7, 11) is -2.27. The van der Waals surface area contributed by atoms with E-state index in [4.69, 9.17) is 13.7 Å². The van der Waals surface area contributed by atoms with Crippen LogP contribution in [-0.4, -0.2) is 57.5 Å². The van der Waals surface area contributed by atoms with E-state index >= 15 is 0 Å². The van der Waals surface area contributed by atoms with Crippen LogP contribution in [0.3, 0.4) is 0 Å². The van der Waals surface area contributed by atoms with Gasteiger partial charge >= 0.3 is 16.1 Å². The Labute approximate surface area is 167 Å². The molecular weight excluding hydrogens is 384 g/mol. The third-order valence-corrected chi connectivity index (χ3v) is 4.54. The van der Waals surface area contributed by atoms with Crippen LogP contribution in [0.1, 0.15) is 39.2 Å². The molecule has 0 saturated carbocycles. The topological polar surface area (TPSA) is 94.2 Å². The minimum absolute atomic E-state index is 0.00398. The van der Waals surface area contributed by atoms with Gasteiger partial charge in [-0.15, -0.1) is 0 Å². The highest BCUT2D eigenvalue weighted by Gasteiger charge is 2.25. The summed E-state index contributed by atoms with van der Waals surface area (Å²) in [5, 5.41) is 2.97. The van der Waals surface area contributed by atoms with Gasteiger partial charge in [0.2, 0.25) is 0 Å². The molecule has 0 radical (unpaired) electrons. The highest BCUT2D eigenvalue weighted by Crippen LogP contribution is 2.30. The van der Waals surface area contributed by atoms with Gasteiger partial charge in [-0.3, -0.25) is 0 Å². The second kappa shape index (κ2) is 9.00. The number of rotatable bonds is 7. The predicted molar refractivity (Wildman–Crippen MR) is 106 cm³/mol. The number of nitrogens with one attached hydrogen (secondary N) is 1. The van der Waals surface area contributed by atoms with Gasteiger partial charge in [0.15, 0.2) is 11.5 Å². The van der Waals surface area contributed by atoms with Crippen LogP contribution in [0.5, 0.6) is 11.5 Å². The third kappa shape index (κ3) is 7.20. The first kappa shape index (κ1) is 22.3. The summed E-state index contributed by atoms with van der Waals surface area (Å²) in [4.78, 5) is 14.5. The van der Waals surface area contributed by atoms with Gasteiger partial charge in [0.05, 0.1) is 19.5 Å². The molecule has 0 bridgehead atoms. The molecule has 1 aliphatic heterocycles. The van der Waals surface area contributed by atoms with Crippen LogP contribution in [0, 0.1) is 0 Å². The molecule has 0 spiro atoms. The standard InChI is InChI=1S/C19H30N2O6S/c1-19(2,3)20-18(22)21(13-15-7-6-10-26-15)12-14-8-9-16(25-4)17(11-14)27-28(5,23)24/h8-9,11,15H,6-7,10,12-13H2,1-5H3,(H,20,22)/t15-/m1/s1. The van der Waals surface area contributed by atoms with Crippen molar-refractivity contribution in [3.8, 4) is 11.5 Å². The maximum absolute atomic E-state index is 12.8. The van der Waals surface area contributed by atoms with Crippen molar-refractivity contribution in [2.24, 2.45) is 0 Å². The van der Waals surface area contributed by atoms with E-state index in [-0.39, 0.29) is 30.0 Å². The zero-order valence-electron chi connectivity index (χ0n) is 17.1. The lowest BCUT2D eigenvalue weighted by molar-refractivity contribution is 0.0782. The van der Waals surface area contributed by atoms with E-state index in [1.807, 2.05) is 20.8 Å². The van der Waals surface area contributed by atoms with Gasteiger partial charge in [0.1, 0.15) is 0 Å². The van der Waals surface area contributed by atoms with Gasteiger partial charge < -0.3 is 23.9 Å². The Kier molecular flexibility index (Phi) is 7.16. The average Bonchev–Trinajstić information content (AvgIpc) is 3.04. The summed E-state index contributed by atoms with van der Waals surface area (Å²) >= 11 is 0. The van der Waals surface area contributed by atoms with Crippen molar-refractivity contribution in [2.75, 3.05) is 26.5 Å². The number of carbonyl (C=O) groups is 1. The molecule has 1 aromatic rings. The number of hydrogen-bond acceptors (Lipinski definition) is 6. The highest BCUT2D eigenvalue weighted by molar-refractivity contribution is 7.86. The SMILES string of the molecule is COc1ccc(CN(C[C@H]2CCCO2)C(=O)NC(C)(C)C)cc1OS(C)(=O)=O. The zero-order valence-corrected chi connectivity index (χ0v) is 18.0. The molecule has 2 rings (SSSR count). The van der Waals surface area contributed by atoms with E-state index in [9.17, 15) is 13.2 Å². The molecule has 0 aliphatic carbocycles. The molecule has 1 N–H and O–H groups in total. The smallest absolute Gasteiger partial charge is 0.318 e. The van der Waals surface area contributed by atoms with Gasteiger partial charge in [-0.05, 0) is 51.3 Å². The van der Waals surface area contributed by atoms with Crippen molar-refractivity contribution in [2.45, 2.75) is 51.8 Å². The van der Waals surface area contributed by atoms with Gasteiger partial charge in [0, 0.05) is 25.2 Å². The average molecular weight is 415 g/mol. The molecule has 28 heavy (non-hydrogen) atoms. The second-order valence-electron chi connectivity index (χ2n) is 7.97. The zero-order chi connectivity index (χ0) is 20.9. The van der Waals surface area contributed by atoms with Crippen LogP contribution < -0.4 is 14.2 Å². The molecule has 1 saturated heterocycles. The van der Waals surface area contributed by atoms with E-state index in [1.54, 1.807) is 23.1 Å². The first-order valence-corrected chi connectivity index (χ1v) is 11.0. The molecule has 1 aromatic carbocycles. The first-order valence-electron chi connectivity index (χ1n) is 9.22. The summed E-state index contributed by atoms with van der Waals surface area (Å²) in [6.45, 7) is 7.19. The first-order chi connectivity index (χ1) is 13.0. The molecule has 8 nitrogen and oxygen atoms in total. The Morgan fingerprint density at radius 2 is 2.04 bits per heavy atom. The molecule has 1 fully saturated rings. The van der Waals surface area contributed by atoms with E-state index < -0.39 is 10.1 Å². The predicted octanol–water partition coefficient (Wildman–Crippen LogP) is 2.52. The molecule has 2 amide bonds. The molecule has 158 valence electrons. The van der Waals surface area contributed by atoms with Gasteiger partial charge in [0.25, 0.3) is 0 Å². The number of amides is 2. The number of hydrogen-bond donors (Lipinski definition) is 1. The lowest BCUT2D eigenvalue weighted by atomic mass is 10.1. The van der Waals surface area contributed by atoms with Crippen molar-refractivity contribution in [3.05, 3.63) is 23.8 Å². The fraction of sp³-hybridized carbons (Fsp3) is 0.632. The Morgan fingerprint density at radius 3 is 2.57 bits per heavy atom. The van der Waals surface area contributed by atoms with Crippen LogP contribution in [0.4, 0.5) is 4.79 Å². The molecular formula is C19H30N2O6S. The Bertz CT molecular complexity index is 782. The number of nitrogens with zero attached hydrogens (tertiary/aromatic N) is 1. The van der Waals surface area contributed by atoms with Crippen LogP contribution in [0.25, 0.3) is 0 Å². The second-order valence-corrected chi connectivity index (χ2v) is 9.54. The fourth-order valence-electron chi connectivity index (χ4n) is 2.92. The van der Waals surface area contributed by atoms with Gasteiger partial charge in [-0.1, -0.05) is 6.07 Å². The Hall–Kier alpha value is -2.00. The minimum atomic E-state index is -3.71. The lowest BCUT2D eigenvalue weighted by Gasteiger charge is -2.30. The van der Waals surface area contributed by atoms with Crippen LogP contribution in [-0.2, 0) is 21.4 Å². The van der Waals surface area contributed by atoms with Crippen LogP contribution in [0.2, 0.25) is 0 Å². The Balaban J connectivity index is 2.23. The molecule has 1 aliphatic rings. The van der Waals surface area contributed by atoms with E-state index in [0.717, 1.165) is 24.7 Å². The minimum Gasteiger partial charge on any atom is -0.493 e. The molecule has 1 heterocycles. The third-order valence-electron chi connectivity index (χ3n) is 4.06. The number of methoxy groups -OCH3 is 1. The largest absolute Gasteiger partial charge is 0.493 e. The number of carbonyl (C=O) groups excluding carboxylic acids is 1. The highest BCUT2D eigenvalue weighted by atomic mass is 32.2. The summed E-state index contributed by atoms with van der Waals surface area (Å²) in [6, 6.07) is 4.78. The normalized spacial score (nSPS) is 17.2. The van der Waals surface area contributed by atoms with Crippen molar-refractivity contribution < 1.29 is 26.9 Å². The summed E-state index contributed by atoms with van der Waals surface area (Å²) in [5.74, 6) is 0.398. The van der Waals surface area contributed by atoms with Crippen LogP contribution >= 0.6 is 0 Å². The summed E-state index contributed by atoms with van der Waals surface area (Å²) < 4.78 is 38.9. The van der Waals surface area contributed by atoms with Crippen molar-refractivity contribution in [3.63, 3.8) is 0 Å². The van der Waals surface area contributed by atoms with Crippen molar-refractivity contribution in [1.82, 2.24) is 10.2 Å². The number of benzene rings is 1. The molecule has 9 heteroatoms. The van der Waals surface area contributed by atoms with Crippen molar-refractivity contribution in [1.29, 1.82) is 0 Å². The lowest BCUT2D eigenvalue weighted by Crippen LogP contribution is -2.50. The maximum atomic E-state index is 12.8. The number of ether oxygens (including phenoxy) is 2.